The molecule has 0 atom stereocenters. The van der Waals surface area contributed by atoms with Crippen molar-refractivity contribution in [2.75, 3.05) is 10.6 Å². The largest absolute Gasteiger partial charge is 0.366 e. The number of pyridine rings is 1. The van der Waals surface area contributed by atoms with E-state index < -0.39 is 11.9 Å². The molecule has 1 aromatic heterocycles. The van der Waals surface area contributed by atoms with Crippen molar-refractivity contribution in [2.45, 2.75) is 0 Å². The normalized spacial score (nSPS) is 9.85. The van der Waals surface area contributed by atoms with Crippen LogP contribution in [0.1, 0.15) is 10.4 Å². The van der Waals surface area contributed by atoms with Gasteiger partial charge in [0.1, 0.15) is 5.82 Å². The highest BCUT2D eigenvalue weighted by atomic mass is 35.5. The fraction of sp³-hybridized carbons (Fsp3) is 0. The van der Waals surface area contributed by atoms with Crippen LogP contribution in [0.4, 0.5) is 16.3 Å². The second-order valence-corrected chi connectivity index (χ2v) is 4.32. The Hall–Kier alpha value is -2.60. The van der Waals surface area contributed by atoms with E-state index >= 15 is 0 Å². The van der Waals surface area contributed by atoms with E-state index in [1.54, 1.807) is 24.3 Å². The fourth-order valence-corrected chi connectivity index (χ4v) is 1.55. The molecular formula is C13H11ClN4O2. The van der Waals surface area contributed by atoms with Crippen molar-refractivity contribution in [3.63, 3.8) is 0 Å². The van der Waals surface area contributed by atoms with E-state index in [9.17, 15) is 9.59 Å². The number of nitrogens with two attached hydrogens (primary N) is 1. The molecule has 102 valence electrons. The van der Waals surface area contributed by atoms with Crippen LogP contribution in [0.2, 0.25) is 5.02 Å². The third-order valence-electron chi connectivity index (χ3n) is 2.39. The third-order valence-corrected chi connectivity index (χ3v) is 2.64. The maximum Gasteiger partial charge on any atom is 0.324 e. The molecule has 0 unspecified atom stereocenters. The van der Waals surface area contributed by atoms with E-state index in [0.717, 1.165) is 0 Å². The van der Waals surface area contributed by atoms with E-state index in [1.807, 2.05) is 0 Å². The predicted octanol–water partition coefficient (Wildman–Crippen LogP) is 2.48. The summed E-state index contributed by atoms with van der Waals surface area (Å²) in [6.45, 7) is 0. The number of nitrogens with zero attached hydrogens (tertiary/aromatic N) is 1. The van der Waals surface area contributed by atoms with Gasteiger partial charge in [0.15, 0.2) is 0 Å². The molecule has 0 aliphatic heterocycles. The molecule has 1 aromatic carbocycles. The predicted molar refractivity (Wildman–Crippen MR) is 76.8 cm³/mol. The Morgan fingerprint density at radius 2 is 1.75 bits per heavy atom. The lowest BCUT2D eigenvalue weighted by molar-refractivity contribution is 0.1000. The molecule has 1 heterocycles. The van der Waals surface area contributed by atoms with E-state index in [4.69, 9.17) is 17.3 Å². The van der Waals surface area contributed by atoms with Crippen molar-refractivity contribution >= 4 is 35.0 Å². The summed E-state index contributed by atoms with van der Waals surface area (Å²) in [7, 11) is 0. The van der Waals surface area contributed by atoms with Crippen LogP contribution in [0.25, 0.3) is 0 Å². The monoisotopic (exact) mass is 290 g/mol. The highest BCUT2D eigenvalue weighted by Crippen LogP contribution is 2.13. The standard InChI is InChI=1S/C13H11ClN4O2/c14-9-2-4-10(5-3-9)17-13(20)18-11-6-1-8(7-16-11)12(15)19/h1-7H,(H2,15,19)(H2,16,17,18,20). The maximum absolute atomic E-state index is 11.7. The lowest BCUT2D eigenvalue weighted by Crippen LogP contribution is -2.20. The van der Waals surface area contributed by atoms with Crippen molar-refractivity contribution in [1.82, 2.24) is 4.98 Å². The fourth-order valence-electron chi connectivity index (χ4n) is 1.43. The van der Waals surface area contributed by atoms with Crippen LogP contribution in [0.5, 0.6) is 0 Å². The van der Waals surface area contributed by atoms with Crippen molar-refractivity contribution in [1.29, 1.82) is 0 Å². The highest BCUT2D eigenvalue weighted by Gasteiger charge is 2.05. The number of carbonyl (C=O) groups excluding carboxylic acids is 2. The molecule has 2 aromatic rings. The van der Waals surface area contributed by atoms with E-state index in [2.05, 4.69) is 15.6 Å². The van der Waals surface area contributed by atoms with Crippen molar-refractivity contribution < 1.29 is 9.59 Å². The number of benzene rings is 1. The minimum absolute atomic E-state index is 0.272. The van der Waals surface area contributed by atoms with Gasteiger partial charge in [0.25, 0.3) is 0 Å². The second-order valence-electron chi connectivity index (χ2n) is 3.88. The van der Waals surface area contributed by atoms with Crippen molar-refractivity contribution in [3.05, 3.63) is 53.2 Å². The number of hydrogen-bond donors (Lipinski definition) is 3. The Kier molecular flexibility index (Phi) is 4.17. The van der Waals surface area contributed by atoms with Crippen LogP contribution in [-0.4, -0.2) is 16.9 Å². The number of aromatic nitrogens is 1. The summed E-state index contributed by atoms with van der Waals surface area (Å²) in [5, 5.41) is 5.72. The Labute approximate surface area is 120 Å². The zero-order valence-electron chi connectivity index (χ0n) is 10.3. The quantitative estimate of drug-likeness (QED) is 0.810. The number of carbonyl (C=O) groups is 2. The first kappa shape index (κ1) is 13.8. The molecule has 0 fully saturated rings. The van der Waals surface area contributed by atoms with Gasteiger partial charge < -0.3 is 11.1 Å². The lowest BCUT2D eigenvalue weighted by Gasteiger charge is -2.07. The lowest BCUT2D eigenvalue weighted by atomic mass is 10.3. The van der Waals surface area contributed by atoms with Gasteiger partial charge in [-0.25, -0.2) is 9.78 Å². The maximum atomic E-state index is 11.7. The first-order valence-corrected chi connectivity index (χ1v) is 6.02. The SMILES string of the molecule is NC(=O)c1ccc(NC(=O)Nc2ccc(Cl)cc2)nc1. The van der Waals surface area contributed by atoms with E-state index in [1.165, 1.54) is 18.3 Å². The van der Waals surface area contributed by atoms with Crippen LogP contribution in [0.15, 0.2) is 42.6 Å². The molecule has 7 heteroatoms. The van der Waals surface area contributed by atoms with Crippen LogP contribution >= 0.6 is 11.6 Å². The van der Waals surface area contributed by atoms with Gasteiger partial charge in [-0.15, -0.1) is 0 Å². The Morgan fingerprint density at radius 3 is 2.30 bits per heavy atom. The van der Waals surface area contributed by atoms with Crippen LogP contribution < -0.4 is 16.4 Å². The average Bonchev–Trinajstić information content (AvgIpc) is 2.42. The Morgan fingerprint density at radius 1 is 1.05 bits per heavy atom. The summed E-state index contributed by atoms with van der Waals surface area (Å²) in [4.78, 5) is 26.5. The topological polar surface area (TPSA) is 97.1 Å². The van der Waals surface area contributed by atoms with E-state index in [0.29, 0.717) is 16.5 Å². The number of amides is 3. The molecule has 0 aliphatic carbocycles. The molecule has 0 bridgehead atoms. The van der Waals surface area contributed by atoms with Gasteiger partial charge in [0.05, 0.1) is 5.56 Å². The third kappa shape index (κ3) is 3.69. The number of hydrogen-bond acceptors (Lipinski definition) is 3. The summed E-state index contributed by atoms with van der Waals surface area (Å²) in [5.74, 6) is -0.267. The minimum Gasteiger partial charge on any atom is -0.366 e. The highest BCUT2D eigenvalue weighted by molar-refractivity contribution is 6.30. The summed E-state index contributed by atoms with van der Waals surface area (Å²) in [5.41, 5.74) is 5.96. The molecular weight excluding hydrogens is 280 g/mol. The molecule has 0 spiro atoms. The Bertz CT molecular complexity index is 626. The molecule has 6 nitrogen and oxygen atoms in total. The van der Waals surface area contributed by atoms with Gasteiger partial charge in [-0.3, -0.25) is 10.1 Å². The number of rotatable bonds is 3. The minimum atomic E-state index is -0.574. The Balaban J connectivity index is 1.97. The molecule has 0 aliphatic rings. The van der Waals surface area contributed by atoms with Crippen LogP contribution in [-0.2, 0) is 0 Å². The molecule has 0 saturated heterocycles. The second kappa shape index (κ2) is 6.03. The molecule has 2 rings (SSSR count). The summed E-state index contributed by atoms with van der Waals surface area (Å²) >= 11 is 5.74. The summed E-state index contributed by atoms with van der Waals surface area (Å²) < 4.78 is 0. The number of urea groups is 1. The number of primary amides is 1. The summed E-state index contributed by atoms with van der Waals surface area (Å²) in [6.07, 6.45) is 1.29. The van der Waals surface area contributed by atoms with Crippen LogP contribution in [0.3, 0.4) is 0 Å². The first-order chi connectivity index (χ1) is 9.54. The van der Waals surface area contributed by atoms with Gasteiger partial charge >= 0.3 is 6.03 Å². The molecule has 3 amide bonds. The van der Waals surface area contributed by atoms with Gasteiger partial charge in [-0.05, 0) is 36.4 Å². The van der Waals surface area contributed by atoms with Gasteiger partial charge in [-0.2, -0.15) is 0 Å². The zero-order chi connectivity index (χ0) is 14.5. The number of anilines is 2. The van der Waals surface area contributed by atoms with Crippen molar-refractivity contribution in [3.8, 4) is 0 Å². The van der Waals surface area contributed by atoms with Gasteiger partial charge in [0, 0.05) is 16.9 Å². The zero-order valence-corrected chi connectivity index (χ0v) is 11.0. The van der Waals surface area contributed by atoms with Crippen molar-refractivity contribution in [2.24, 2.45) is 5.73 Å². The summed E-state index contributed by atoms with van der Waals surface area (Å²) in [6, 6.07) is 9.19. The molecule has 0 radical (unpaired) electrons. The first-order valence-electron chi connectivity index (χ1n) is 5.64. The number of nitrogens with one attached hydrogen (secondary N) is 2. The van der Waals surface area contributed by atoms with Gasteiger partial charge in [0.2, 0.25) is 5.91 Å². The molecule has 0 saturated carbocycles. The van der Waals surface area contributed by atoms with Gasteiger partial charge in [-0.1, -0.05) is 11.6 Å². The molecule has 4 N–H and O–H groups in total. The number of halogens is 1. The average molecular weight is 291 g/mol. The smallest absolute Gasteiger partial charge is 0.324 e. The molecule has 20 heavy (non-hydrogen) atoms. The van der Waals surface area contributed by atoms with E-state index in [-0.39, 0.29) is 5.56 Å². The van der Waals surface area contributed by atoms with Crippen LogP contribution in [0, 0.1) is 0 Å².